The van der Waals surface area contributed by atoms with Gasteiger partial charge in [0.05, 0.1) is 11.9 Å². The first-order valence-electron chi connectivity index (χ1n) is 7.61. The van der Waals surface area contributed by atoms with Gasteiger partial charge in [-0.05, 0) is 18.8 Å². The molecular weight excluding hydrogens is 296 g/mol. The Bertz CT molecular complexity index is 735. The van der Waals surface area contributed by atoms with Crippen molar-refractivity contribution < 1.29 is 5.11 Å². The molecule has 6 heteroatoms. The summed E-state index contributed by atoms with van der Waals surface area (Å²) >= 11 is 1.62. The second-order valence-corrected chi connectivity index (χ2v) is 6.68. The summed E-state index contributed by atoms with van der Waals surface area (Å²) in [5.74, 6) is 0.366. The summed E-state index contributed by atoms with van der Waals surface area (Å²) < 4.78 is 1.87. The number of nitrogens with zero attached hydrogens (tertiary/aromatic N) is 4. The lowest BCUT2D eigenvalue weighted by Crippen LogP contribution is -2.36. The molecule has 1 saturated heterocycles. The zero-order valence-corrected chi connectivity index (χ0v) is 13.0. The maximum atomic E-state index is 9.36. The van der Waals surface area contributed by atoms with E-state index in [1.807, 2.05) is 28.9 Å². The maximum Gasteiger partial charge on any atom is 0.214 e. The molecule has 1 aliphatic heterocycles. The summed E-state index contributed by atoms with van der Waals surface area (Å²) in [5, 5.41) is 15.0. The number of aromatic nitrogens is 3. The summed E-state index contributed by atoms with van der Waals surface area (Å²) in [6, 6.07) is 10.2. The van der Waals surface area contributed by atoms with E-state index in [4.69, 9.17) is 0 Å². The normalized spacial score (nSPS) is 19.0. The number of benzene rings is 1. The number of imidazole rings is 1. The van der Waals surface area contributed by atoms with Crippen molar-refractivity contribution in [1.29, 1.82) is 0 Å². The zero-order chi connectivity index (χ0) is 14.9. The highest BCUT2D eigenvalue weighted by Gasteiger charge is 2.22. The van der Waals surface area contributed by atoms with Crippen LogP contribution in [0.3, 0.4) is 0 Å². The van der Waals surface area contributed by atoms with Crippen molar-refractivity contribution in [2.45, 2.75) is 12.8 Å². The van der Waals surface area contributed by atoms with E-state index in [2.05, 4.69) is 27.1 Å². The van der Waals surface area contributed by atoms with Gasteiger partial charge in [0.1, 0.15) is 0 Å². The Kier molecular flexibility index (Phi) is 3.56. The standard InChI is InChI=1S/C16H18N4OS/c21-11-12-5-4-8-19(9-12)16-18-20-10-14(17-15(20)22-16)13-6-2-1-3-7-13/h1-3,6-7,10,12,21H,4-5,8-9,11H2/t12-/m0/s1. The third kappa shape index (κ3) is 2.48. The van der Waals surface area contributed by atoms with E-state index in [1.165, 1.54) is 0 Å². The van der Waals surface area contributed by atoms with Gasteiger partial charge < -0.3 is 10.0 Å². The predicted octanol–water partition coefficient (Wildman–Crippen LogP) is 2.67. The van der Waals surface area contributed by atoms with E-state index in [0.29, 0.717) is 5.92 Å². The van der Waals surface area contributed by atoms with Crippen LogP contribution in [0.5, 0.6) is 0 Å². The third-order valence-electron chi connectivity index (χ3n) is 4.15. The number of aliphatic hydroxyl groups excluding tert-OH is 1. The monoisotopic (exact) mass is 314 g/mol. The van der Waals surface area contributed by atoms with E-state index in [-0.39, 0.29) is 6.61 Å². The molecule has 1 fully saturated rings. The summed E-state index contributed by atoms with van der Waals surface area (Å²) in [5.41, 5.74) is 2.07. The molecule has 4 rings (SSSR count). The fourth-order valence-electron chi connectivity index (χ4n) is 2.95. The number of anilines is 1. The first-order valence-corrected chi connectivity index (χ1v) is 8.42. The lowest BCUT2D eigenvalue weighted by atomic mass is 10.00. The maximum absolute atomic E-state index is 9.36. The van der Waals surface area contributed by atoms with E-state index in [0.717, 1.165) is 47.3 Å². The minimum atomic E-state index is 0.261. The van der Waals surface area contributed by atoms with Crippen LogP contribution >= 0.6 is 11.3 Å². The van der Waals surface area contributed by atoms with Crippen LogP contribution in [-0.4, -0.2) is 39.4 Å². The molecule has 0 spiro atoms. The number of fused-ring (bicyclic) bond motifs is 1. The highest BCUT2D eigenvalue weighted by Crippen LogP contribution is 2.29. The minimum Gasteiger partial charge on any atom is -0.396 e. The number of rotatable bonds is 3. The van der Waals surface area contributed by atoms with Crippen molar-refractivity contribution in [3.8, 4) is 11.3 Å². The molecule has 1 aliphatic rings. The van der Waals surface area contributed by atoms with Crippen LogP contribution in [-0.2, 0) is 0 Å². The second-order valence-electron chi connectivity index (χ2n) is 5.74. The third-order valence-corrected chi connectivity index (χ3v) is 5.13. The van der Waals surface area contributed by atoms with Crippen LogP contribution in [0.15, 0.2) is 36.5 Å². The fourth-order valence-corrected chi connectivity index (χ4v) is 3.87. The fraction of sp³-hybridized carbons (Fsp3) is 0.375. The van der Waals surface area contributed by atoms with Crippen molar-refractivity contribution in [2.24, 2.45) is 5.92 Å². The lowest BCUT2D eigenvalue weighted by molar-refractivity contribution is 0.208. The van der Waals surface area contributed by atoms with Crippen LogP contribution in [0.4, 0.5) is 5.13 Å². The van der Waals surface area contributed by atoms with Crippen molar-refractivity contribution in [2.75, 3.05) is 24.6 Å². The highest BCUT2D eigenvalue weighted by molar-refractivity contribution is 7.20. The minimum absolute atomic E-state index is 0.261. The van der Waals surface area contributed by atoms with Gasteiger partial charge >= 0.3 is 0 Å². The van der Waals surface area contributed by atoms with E-state index < -0.39 is 0 Å². The molecule has 0 amide bonds. The van der Waals surface area contributed by atoms with Gasteiger partial charge in [-0.3, -0.25) is 0 Å². The topological polar surface area (TPSA) is 53.7 Å². The number of hydrogen-bond acceptors (Lipinski definition) is 5. The molecule has 22 heavy (non-hydrogen) atoms. The Morgan fingerprint density at radius 3 is 2.91 bits per heavy atom. The molecule has 0 saturated carbocycles. The van der Waals surface area contributed by atoms with Crippen LogP contribution in [0, 0.1) is 5.92 Å². The average Bonchev–Trinajstić information content (AvgIpc) is 3.14. The SMILES string of the molecule is OC[C@H]1CCCN(c2nn3cc(-c4ccccc4)nc3s2)C1. The number of piperidine rings is 1. The van der Waals surface area contributed by atoms with E-state index >= 15 is 0 Å². The summed E-state index contributed by atoms with van der Waals surface area (Å²) in [7, 11) is 0. The first-order chi connectivity index (χ1) is 10.8. The number of hydrogen-bond donors (Lipinski definition) is 1. The number of aliphatic hydroxyl groups is 1. The molecule has 0 aliphatic carbocycles. The van der Waals surface area contributed by atoms with Crippen molar-refractivity contribution in [3.63, 3.8) is 0 Å². The van der Waals surface area contributed by atoms with Crippen LogP contribution in [0.1, 0.15) is 12.8 Å². The molecule has 0 unspecified atom stereocenters. The molecule has 1 aromatic carbocycles. The van der Waals surface area contributed by atoms with Crippen molar-refractivity contribution in [3.05, 3.63) is 36.5 Å². The molecule has 0 radical (unpaired) electrons. The van der Waals surface area contributed by atoms with Gasteiger partial charge in [-0.15, -0.1) is 5.10 Å². The Labute approximate surface area is 132 Å². The molecule has 3 aromatic rings. The van der Waals surface area contributed by atoms with Gasteiger partial charge in [0.25, 0.3) is 0 Å². The lowest BCUT2D eigenvalue weighted by Gasteiger charge is -2.31. The summed E-state index contributed by atoms with van der Waals surface area (Å²) in [6.07, 6.45) is 4.20. The van der Waals surface area contributed by atoms with Gasteiger partial charge in [0.15, 0.2) is 0 Å². The highest BCUT2D eigenvalue weighted by atomic mass is 32.1. The van der Waals surface area contributed by atoms with Gasteiger partial charge in [0, 0.05) is 25.3 Å². The Hall–Kier alpha value is -1.92. The van der Waals surface area contributed by atoms with Crippen LogP contribution in [0.2, 0.25) is 0 Å². The van der Waals surface area contributed by atoms with Gasteiger partial charge in [-0.1, -0.05) is 41.7 Å². The molecule has 3 heterocycles. The van der Waals surface area contributed by atoms with Gasteiger partial charge in [0.2, 0.25) is 10.1 Å². The first kappa shape index (κ1) is 13.7. The Morgan fingerprint density at radius 2 is 2.14 bits per heavy atom. The average molecular weight is 314 g/mol. The quantitative estimate of drug-likeness (QED) is 0.807. The Morgan fingerprint density at radius 1 is 1.27 bits per heavy atom. The van der Waals surface area contributed by atoms with Gasteiger partial charge in [-0.25, -0.2) is 9.50 Å². The molecule has 1 N–H and O–H groups in total. The summed E-state index contributed by atoms with van der Waals surface area (Å²) in [4.78, 5) is 7.87. The second kappa shape index (κ2) is 5.70. The van der Waals surface area contributed by atoms with Crippen LogP contribution < -0.4 is 4.90 Å². The predicted molar refractivity (Wildman–Crippen MR) is 88.3 cm³/mol. The van der Waals surface area contributed by atoms with Crippen molar-refractivity contribution in [1.82, 2.24) is 14.6 Å². The van der Waals surface area contributed by atoms with Crippen molar-refractivity contribution >= 4 is 21.4 Å². The van der Waals surface area contributed by atoms with E-state index in [1.54, 1.807) is 11.3 Å². The smallest absolute Gasteiger partial charge is 0.214 e. The molecule has 0 bridgehead atoms. The van der Waals surface area contributed by atoms with E-state index in [9.17, 15) is 5.11 Å². The molecule has 1 atom stereocenters. The molecular formula is C16H18N4OS. The largest absolute Gasteiger partial charge is 0.396 e. The Balaban J connectivity index is 1.61. The summed E-state index contributed by atoms with van der Waals surface area (Å²) in [6.45, 7) is 2.16. The zero-order valence-electron chi connectivity index (χ0n) is 12.2. The molecule has 5 nitrogen and oxygen atoms in total. The molecule has 2 aromatic heterocycles. The van der Waals surface area contributed by atoms with Gasteiger partial charge in [-0.2, -0.15) is 0 Å². The van der Waals surface area contributed by atoms with Crippen LogP contribution in [0.25, 0.3) is 16.2 Å². The molecule has 114 valence electrons.